The number of aryl methyl sites for hydroxylation is 1. The second kappa shape index (κ2) is 14.8. The molecule has 3 rings (SSSR count). The number of unbranched alkanes of at least 4 members (excludes halogenated alkanes) is 2. The molecule has 0 spiro atoms. The van der Waals surface area contributed by atoms with Crippen LogP contribution in [-0.2, 0) is 22.4 Å². The van der Waals surface area contributed by atoms with Crippen LogP contribution in [0.25, 0.3) is 11.1 Å². The van der Waals surface area contributed by atoms with Crippen molar-refractivity contribution in [3.8, 4) is 22.6 Å². The molecule has 0 bridgehead atoms. The standard InChI is InChI=1S/C32H35FO6/c1-4-5-6-7-23-8-10-24(11-9-23)25-12-14-28(29(33)21-25)32(36)39-27-13-15-30(37-19-17-34)26(20-27)16-18-38-31(35)22(2)3/h8-15,20-21,34H,2,4-7,16-19H2,1,3H3. The zero-order valence-corrected chi connectivity index (χ0v) is 22.5. The molecule has 39 heavy (non-hydrogen) atoms. The van der Waals surface area contributed by atoms with Crippen LogP contribution in [0.1, 0.15) is 54.6 Å². The highest BCUT2D eigenvalue weighted by molar-refractivity contribution is 5.92. The van der Waals surface area contributed by atoms with Gasteiger partial charge in [0.15, 0.2) is 0 Å². The van der Waals surface area contributed by atoms with Gasteiger partial charge in [0.05, 0.1) is 18.8 Å². The molecule has 0 saturated carbocycles. The molecule has 0 aromatic heterocycles. The molecule has 0 unspecified atom stereocenters. The summed E-state index contributed by atoms with van der Waals surface area (Å²) in [7, 11) is 0. The van der Waals surface area contributed by atoms with Gasteiger partial charge < -0.3 is 19.3 Å². The molecular formula is C32H35FO6. The molecule has 3 aromatic rings. The second-order valence-electron chi connectivity index (χ2n) is 9.25. The average Bonchev–Trinajstić information content (AvgIpc) is 2.93. The first-order valence-electron chi connectivity index (χ1n) is 13.1. The topological polar surface area (TPSA) is 82.1 Å². The Labute approximate surface area is 229 Å². The SMILES string of the molecule is C=C(C)C(=O)OCCc1cc(OC(=O)c2ccc(-c3ccc(CCCCC)cc3)cc2F)ccc1OCCO. The minimum Gasteiger partial charge on any atom is -0.491 e. The Morgan fingerprint density at radius 1 is 0.923 bits per heavy atom. The molecule has 3 aromatic carbocycles. The molecule has 1 N–H and O–H groups in total. The molecule has 0 radical (unpaired) electrons. The maximum atomic E-state index is 15.0. The van der Waals surface area contributed by atoms with Crippen LogP contribution in [0.5, 0.6) is 11.5 Å². The Morgan fingerprint density at radius 2 is 1.67 bits per heavy atom. The van der Waals surface area contributed by atoms with E-state index in [2.05, 4.69) is 25.6 Å². The van der Waals surface area contributed by atoms with E-state index in [9.17, 15) is 14.0 Å². The predicted molar refractivity (Wildman–Crippen MR) is 149 cm³/mol. The maximum absolute atomic E-state index is 15.0. The highest BCUT2D eigenvalue weighted by Crippen LogP contribution is 2.27. The number of hydrogen-bond donors (Lipinski definition) is 1. The first kappa shape index (κ1) is 29.6. The number of hydrogen-bond acceptors (Lipinski definition) is 6. The fourth-order valence-corrected chi connectivity index (χ4v) is 3.95. The quantitative estimate of drug-likeness (QED) is 0.110. The summed E-state index contributed by atoms with van der Waals surface area (Å²) in [4.78, 5) is 24.5. The zero-order valence-electron chi connectivity index (χ0n) is 22.5. The van der Waals surface area contributed by atoms with Crippen LogP contribution in [0.15, 0.2) is 72.8 Å². The van der Waals surface area contributed by atoms with Gasteiger partial charge in [0.1, 0.15) is 23.9 Å². The van der Waals surface area contributed by atoms with Gasteiger partial charge in [0.2, 0.25) is 0 Å². The number of esters is 2. The van der Waals surface area contributed by atoms with Crippen molar-refractivity contribution in [2.45, 2.75) is 46.0 Å². The Balaban J connectivity index is 1.70. The predicted octanol–water partition coefficient (Wildman–Crippen LogP) is 6.48. The third kappa shape index (κ3) is 8.79. The summed E-state index contributed by atoms with van der Waals surface area (Å²) in [5.41, 5.74) is 3.46. The Bertz CT molecular complexity index is 1280. The van der Waals surface area contributed by atoms with Gasteiger partial charge in [-0.1, -0.05) is 56.7 Å². The van der Waals surface area contributed by atoms with E-state index in [4.69, 9.17) is 19.3 Å². The van der Waals surface area contributed by atoms with Crippen LogP contribution in [0, 0.1) is 5.82 Å². The van der Waals surface area contributed by atoms with E-state index in [-0.39, 0.29) is 43.1 Å². The fraction of sp³-hybridized carbons (Fsp3) is 0.312. The molecule has 0 fully saturated rings. The third-order valence-electron chi connectivity index (χ3n) is 6.09. The number of halogens is 1. The van der Waals surface area contributed by atoms with Gasteiger partial charge >= 0.3 is 11.9 Å². The summed E-state index contributed by atoms with van der Waals surface area (Å²) >= 11 is 0. The van der Waals surface area contributed by atoms with Crippen LogP contribution in [0.2, 0.25) is 0 Å². The Hall–Kier alpha value is -3.97. The van der Waals surface area contributed by atoms with Crippen molar-refractivity contribution >= 4 is 11.9 Å². The summed E-state index contributed by atoms with van der Waals surface area (Å²) in [6.07, 6.45) is 4.79. The fourth-order valence-electron chi connectivity index (χ4n) is 3.95. The van der Waals surface area contributed by atoms with Gasteiger partial charge in [-0.05, 0) is 66.8 Å². The lowest BCUT2D eigenvalue weighted by Gasteiger charge is -2.13. The third-order valence-corrected chi connectivity index (χ3v) is 6.09. The van der Waals surface area contributed by atoms with Crippen LogP contribution in [0.4, 0.5) is 4.39 Å². The smallest absolute Gasteiger partial charge is 0.346 e. The number of benzene rings is 3. The molecule has 0 aliphatic heterocycles. The van der Waals surface area contributed by atoms with Crippen LogP contribution in [0.3, 0.4) is 0 Å². The second-order valence-corrected chi connectivity index (χ2v) is 9.25. The summed E-state index contributed by atoms with van der Waals surface area (Å²) in [6.45, 7) is 7.20. The first-order chi connectivity index (χ1) is 18.8. The zero-order chi connectivity index (χ0) is 28.2. The van der Waals surface area contributed by atoms with Crippen molar-refractivity contribution < 1.29 is 33.3 Å². The lowest BCUT2D eigenvalue weighted by atomic mass is 10.00. The minimum atomic E-state index is -0.839. The molecule has 0 heterocycles. The average molecular weight is 535 g/mol. The number of carbonyl (C=O) groups is 2. The highest BCUT2D eigenvalue weighted by atomic mass is 19.1. The minimum absolute atomic E-state index is 0.0500. The number of ether oxygens (including phenoxy) is 3. The van der Waals surface area contributed by atoms with Crippen molar-refractivity contribution in [2.75, 3.05) is 19.8 Å². The molecule has 0 aliphatic rings. The molecule has 6 nitrogen and oxygen atoms in total. The molecule has 0 aliphatic carbocycles. The molecule has 0 saturated heterocycles. The van der Waals surface area contributed by atoms with Crippen LogP contribution in [-0.4, -0.2) is 36.9 Å². The van der Waals surface area contributed by atoms with Gasteiger partial charge in [-0.25, -0.2) is 14.0 Å². The summed E-state index contributed by atoms with van der Waals surface area (Å²) in [6, 6.07) is 17.1. The Morgan fingerprint density at radius 3 is 2.33 bits per heavy atom. The van der Waals surface area contributed by atoms with E-state index in [0.29, 0.717) is 16.9 Å². The van der Waals surface area contributed by atoms with Gasteiger partial charge in [0.25, 0.3) is 0 Å². The monoisotopic (exact) mass is 534 g/mol. The molecule has 206 valence electrons. The van der Waals surface area contributed by atoms with E-state index in [1.165, 1.54) is 36.6 Å². The van der Waals surface area contributed by atoms with Gasteiger partial charge in [0, 0.05) is 17.6 Å². The summed E-state index contributed by atoms with van der Waals surface area (Å²) in [5.74, 6) is -1.41. The molecule has 0 amide bonds. The molecule has 0 atom stereocenters. The van der Waals surface area contributed by atoms with Crippen molar-refractivity contribution in [3.63, 3.8) is 0 Å². The Kier molecular flexibility index (Phi) is 11.3. The number of rotatable bonds is 14. The van der Waals surface area contributed by atoms with Crippen LogP contribution >= 0.6 is 0 Å². The van der Waals surface area contributed by atoms with E-state index in [0.717, 1.165) is 18.4 Å². The van der Waals surface area contributed by atoms with E-state index in [1.807, 2.05) is 12.1 Å². The van der Waals surface area contributed by atoms with E-state index < -0.39 is 17.8 Å². The maximum Gasteiger partial charge on any atom is 0.346 e. The van der Waals surface area contributed by atoms with Gasteiger partial charge in [-0.3, -0.25) is 0 Å². The highest BCUT2D eigenvalue weighted by Gasteiger charge is 2.17. The number of carbonyl (C=O) groups excluding carboxylic acids is 2. The summed E-state index contributed by atoms with van der Waals surface area (Å²) < 4.78 is 31.1. The van der Waals surface area contributed by atoms with Crippen LogP contribution < -0.4 is 9.47 Å². The number of aliphatic hydroxyl groups excluding tert-OH is 1. The van der Waals surface area contributed by atoms with Crippen molar-refractivity contribution in [3.05, 3.63) is 95.3 Å². The van der Waals surface area contributed by atoms with Crippen molar-refractivity contribution in [1.82, 2.24) is 0 Å². The first-order valence-corrected chi connectivity index (χ1v) is 13.1. The van der Waals surface area contributed by atoms with E-state index >= 15 is 0 Å². The summed E-state index contributed by atoms with van der Waals surface area (Å²) in [5, 5.41) is 9.09. The van der Waals surface area contributed by atoms with Crippen molar-refractivity contribution in [2.24, 2.45) is 0 Å². The number of aliphatic hydroxyl groups is 1. The normalized spacial score (nSPS) is 10.7. The largest absolute Gasteiger partial charge is 0.491 e. The van der Waals surface area contributed by atoms with Gasteiger partial charge in [-0.2, -0.15) is 0 Å². The lowest BCUT2D eigenvalue weighted by Crippen LogP contribution is -2.12. The van der Waals surface area contributed by atoms with E-state index in [1.54, 1.807) is 25.1 Å². The molecule has 7 heteroatoms. The lowest BCUT2D eigenvalue weighted by molar-refractivity contribution is -0.138. The molecular weight excluding hydrogens is 499 g/mol. The van der Waals surface area contributed by atoms with Crippen molar-refractivity contribution in [1.29, 1.82) is 0 Å². The van der Waals surface area contributed by atoms with Gasteiger partial charge in [-0.15, -0.1) is 0 Å².